The molecule has 0 aliphatic heterocycles. The maximum atomic E-state index is 13.2. The quantitative estimate of drug-likeness (QED) is 0.689. The molecule has 2 aromatic rings. The number of nitrogens with zero attached hydrogens (tertiary/aromatic N) is 1. The van der Waals surface area contributed by atoms with Gasteiger partial charge in [-0.05, 0) is 36.8 Å². The smallest absolute Gasteiger partial charge is 0.282 e. The second-order valence-electron chi connectivity index (χ2n) is 4.36. The number of nitro benzene ring substituents is 1. The number of nitro groups is 1. The lowest BCUT2D eigenvalue weighted by molar-refractivity contribution is -0.385. The van der Waals surface area contributed by atoms with Crippen LogP contribution in [0.1, 0.15) is 15.9 Å². The minimum absolute atomic E-state index is 0.285. The average Bonchev–Trinajstić information content (AvgIpc) is 2.42. The standard InChI is InChI=1S/C14H10ClFN2O3/c1-8-2-4-11(15)12(6-8)17-14(19)10-7-9(16)3-5-13(10)18(20)21/h2-7H,1H3,(H,17,19). The van der Waals surface area contributed by atoms with Crippen LogP contribution < -0.4 is 5.32 Å². The van der Waals surface area contributed by atoms with Gasteiger partial charge in [0.15, 0.2) is 0 Å². The minimum atomic E-state index is -0.798. The van der Waals surface area contributed by atoms with E-state index in [1.54, 1.807) is 25.1 Å². The molecule has 0 bridgehead atoms. The molecular formula is C14H10ClFN2O3. The SMILES string of the molecule is Cc1ccc(Cl)c(NC(=O)c2cc(F)ccc2[N+](=O)[O-])c1. The zero-order chi connectivity index (χ0) is 15.6. The number of hydrogen-bond donors (Lipinski definition) is 1. The molecule has 0 radical (unpaired) electrons. The predicted octanol–water partition coefficient (Wildman–Crippen LogP) is 3.95. The molecular weight excluding hydrogens is 299 g/mol. The lowest BCUT2D eigenvalue weighted by atomic mass is 10.1. The second-order valence-corrected chi connectivity index (χ2v) is 4.76. The Balaban J connectivity index is 2.39. The maximum Gasteiger partial charge on any atom is 0.282 e. The Morgan fingerprint density at radius 2 is 2.00 bits per heavy atom. The molecule has 0 atom stereocenters. The highest BCUT2D eigenvalue weighted by Gasteiger charge is 2.21. The van der Waals surface area contributed by atoms with Crippen molar-refractivity contribution in [1.29, 1.82) is 0 Å². The minimum Gasteiger partial charge on any atom is -0.320 e. The summed E-state index contributed by atoms with van der Waals surface area (Å²) in [4.78, 5) is 22.3. The number of nitrogens with one attached hydrogen (secondary N) is 1. The molecule has 0 fully saturated rings. The van der Waals surface area contributed by atoms with Gasteiger partial charge in [0.1, 0.15) is 11.4 Å². The van der Waals surface area contributed by atoms with Gasteiger partial charge in [-0.15, -0.1) is 0 Å². The second kappa shape index (κ2) is 5.88. The van der Waals surface area contributed by atoms with Crippen LogP contribution in [0.5, 0.6) is 0 Å². The molecule has 2 aromatic carbocycles. The van der Waals surface area contributed by atoms with Crippen LogP contribution in [0, 0.1) is 22.9 Å². The first-order valence-electron chi connectivity index (χ1n) is 5.90. The number of hydrogen-bond acceptors (Lipinski definition) is 3. The molecule has 0 heterocycles. The third-order valence-corrected chi connectivity index (χ3v) is 3.10. The van der Waals surface area contributed by atoms with E-state index in [4.69, 9.17) is 11.6 Å². The molecule has 108 valence electrons. The van der Waals surface area contributed by atoms with Gasteiger partial charge in [-0.2, -0.15) is 0 Å². The first-order valence-corrected chi connectivity index (χ1v) is 6.27. The van der Waals surface area contributed by atoms with Crippen LogP contribution in [-0.2, 0) is 0 Å². The zero-order valence-electron chi connectivity index (χ0n) is 10.9. The number of benzene rings is 2. The first kappa shape index (κ1) is 14.9. The summed E-state index contributed by atoms with van der Waals surface area (Å²) in [5, 5.41) is 13.6. The summed E-state index contributed by atoms with van der Waals surface area (Å²) in [6, 6.07) is 7.65. The van der Waals surface area contributed by atoms with Crippen LogP contribution in [-0.4, -0.2) is 10.8 Å². The topological polar surface area (TPSA) is 72.2 Å². The van der Waals surface area contributed by atoms with Crippen LogP contribution in [0.25, 0.3) is 0 Å². The summed E-state index contributed by atoms with van der Waals surface area (Å²) < 4.78 is 13.2. The summed E-state index contributed by atoms with van der Waals surface area (Å²) >= 11 is 5.94. The van der Waals surface area contributed by atoms with E-state index >= 15 is 0 Å². The summed E-state index contributed by atoms with van der Waals surface area (Å²) in [6.45, 7) is 1.80. The number of carbonyl (C=O) groups excluding carboxylic acids is 1. The Morgan fingerprint density at radius 1 is 1.29 bits per heavy atom. The van der Waals surface area contributed by atoms with Crippen molar-refractivity contribution in [1.82, 2.24) is 0 Å². The van der Waals surface area contributed by atoms with Gasteiger partial charge in [0.25, 0.3) is 11.6 Å². The molecule has 1 amide bonds. The number of amides is 1. The monoisotopic (exact) mass is 308 g/mol. The van der Waals surface area contributed by atoms with E-state index in [9.17, 15) is 19.3 Å². The van der Waals surface area contributed by atoms with Gasteiger partial charge in [0.05, 0.1) is 15.6 Å². The van der Waals surface area contributed by atoms with Gasteiger partial charge in [-0.25, -0.2) is 4.39 Å². The van der Waals surface area contributed by atoms with Gasteiger partial charge in [0, 0.05) is 6.07 Å². The van der Waals surface area contributed by atoms with E-state index in [2.05, 4.69) is 5.32 Å². The lowest BCUT2D eigenvalue weighted by Crippen LogP contribution is -2.14. The van der Waals surface area contributed by atoms with E-state index < -0.39 is 22.3 Å². The Hall–Kier alpha value is -2.47. The molecule has 0 aromatic heterocycles. The fraction of sp³-hybridized carbons (Fsp3) is 0.0714. The number of anilines is 1. The first-order chi connectivity index (χ1) is 9.88. The fourth-order valence-corrected chi connectivity index (χ4v) is 1.94. The molecule has 1 N–H and O–H groups in total. The number of aryl methyl sites for hydroxylation is 1. The van der Waals surface area contributed by atoms with Gasteiger partial charge in [-0.1, -0.05) is 17.7 Å². The molecule has 0 aliphatic carbocycles. The van der Waals surface area contributed by atoms with E-state index in [0.29, 0.717) is 5.69 Å². The van der Waals surface area contributed by atoms with Crippen molar-refractivity contribution in [3.8, 4) is 0 Å². The molecule has 0 unspecified atom stereocenters. The molecule has 0 spiro atoms. The van der Waals surface area contributed by atoms with Crippen LogP contribution in [0.15, 0.2) is 36.4 Å². The van der Waals surface area contributed by atoms with Crippen LogP contribution in [0.2, 0.25) is 5.02 Å². The largest absolute Gasteiger partial charge is 0.320 e. The summed E-state index contributed by atoms with van der Waals surface area (Å²) in [7, 11) is 0. The van der Waals surface area contributed by atoms with E-state index in [0.717, 1.165) is 23.8 Å². The third-order valence-electron chi connectivity index (χ3n) is 2.77. The molecule has 7 heteroatoms. The van der Waals surface area contributed by atoms with Crippen molar-refractivity contribution in [2.45, 2.75) is 6.92 Å². The summed E-state index contributed by atoms with van der Waals surface area (Å²) in [6.07, 6.45) is 0. The average molecular weight is 309 g/mol. The molecule has 21 heavy (non-hydrogen) atoms. The Kier molecular flexibility index (Phi) is 4.18. The van der Waals surface area contributed by atoms with Crippen molar-refractivity contribution in [3.05, 3.63) is 68.5 Å². The lowest BCUT2D eigenvalue weighted by Gasteiger charge is -2.08. The Bertz CT molecular complexity index is 734. The normalized spacial score (nSPS) is 10.2. The Morgan fingerprint density at radius 3 is 2.67 bits per heavy atom. The van der Waals surface area contributed by atoms with Gasteiger partial charge < -0.3 is 5.32 Å². The van der Waals surface area contributed by atoms with Gasteiger partial charge >= 0.3 is 0 Å². The Labute approximate surface area is 124 Å². The number of halogens is 2. The number of rotatable bonds is 3. The predicted molar refractivity (Wildman–Crippen MR) is 77.2 cm³/mol. The van der Waals surface area contributed by atoms with Crippen LogP contribution >= 0.6 is 11.6 Å². The van der Waals surface area contributed by atoms with Crippen molar-refractivity contribution >= 4 is 28.9 Å². The van der Waals surface area contributed by atoms with Crippen molar-refractivity contribution in [2.75, 3.05) is 5.32 Å². The highest BCUT2D eigenvalue weighted by Crippen LogP contribution is 2.25. The molecule has 5 nitrogen and oxygen atoms in total. The number of carbonyl (C=O) groups is 1. The van der Waals surface area contributed by atoms with E-state index in [1.165, 1.54) is 0 Å². The molecule has 0 saturated carbocycles. The van der Waals surface area contributed by atoms with Crippen LogP contribution in [0.3, 0.4) is 0 Å². The highest BCUT2D eigenvalue weighted by molar-refractivity contribution is 6.34. The van der Waals surface area contributed by atoms with Gasteiger partial charge in [-0.3, -0.25) is 14.9 Å². The van der Waals surface area contributed by atoms with Gasteiger partial charge in [0.2, 0.25) is 0 Å². The van der Waals surface area contributed by atoms with E-state index in [1.807, 2.05) is 0 Å². The van der Waals surface area contributed by atoms with Crippen molar-refractivity contribution in [2.24, 2.45) is 0 Å². The fourth-order valence-electron chi connectivity index (χ4n) is 1.77. The summed E-state index contributed by atoms with van der Waals surface area (Å²) in [5.74, 6) is -1.53. The highest BCUT2D eigenvalue weighted by atomic mass is 35.5. The van der Waals surface area contributed by atoms with Crippen molar-refractivity contribution in [3.63, 3.8) is 0 Å². The molecule has 0 aliphatic rings. The molecule has 2 rings (SSSR count). The summed E-state index contributed by atoms with van der Waals surface area (Å²) in [5.41, 5.74) is 0.318. The van der Waals surface area contributed by atoms with E-state index in [-0.39, 0.29) is 10.6 Å². The zero-order valence-corrected chi connectivity index (χ0v) is 11.6. The van der Waals surface area contributed by atoms with Crippen molar-refractivity contribution < 1.29 is 14.1 Å². The maximum absolute atomic E-state index is 13.2. The molecule has 0 saturated heterocycles. The third kappa shape index (κ3) is 3.35. The van der Waals surface area contributed by atoms with Crippen LogP contribution in [0.4, 0.5) is 15.8 Å².